The molecular formula is C34H45N9O4S. The fourth-order valence-electron chi connectivity index (χ4n) is 7.72. The molecule has 14 heteroatoms. The predicted molar refractivity (Wildman–Crippen MR) is 181 cm³/mol. The third-order valence-electron chi connectivity index (χ3n) is 10.4. The van der Waals surface area contributed by atoms with E-state index in [1.54, 1.807) is 0 Å². The number of nitriles is 1. The van der Waals surface area contributed by atoms with Gasteiger partial charge in [-0.2, -0.15) is 20.2 Å². The van der Waals surface area contributed by atoms with Gasteiger partial charge in [0.25, 0.3) is 0 Å². The van der Waals surface area contributed by atoms with Crippen LogP contribution in [0, 0.1) is 11.3 Å². The second-order valence-electron chi connectivity index (χ2n) is 15.0. The molecule has 0 aromatic carbocycles. The van der Waals surface area contributed by atoms with Crippen molar-refractivity contribution in [1.29, 1.82) is 5.26 Å². The van der Waals surface area contributed by atoms with Gasteiger partial charge in [-0.25, -0.2) is 4.79 Å². The number of thiophene rings is 1. The summed E-state index contributed by atoms with van der Waals surface area (Å²) in [5, 5.41) is 14.9. The highest BCUT2D eigenvalue weighted by Gasteiger charge is 2.54. The van der Waals surface area contributed by atoms with E-state index in [1.807, 2.05) is 38.7 Å². The first-order valence-corrected chi connectivity index (χ1v) is 17.8. The number of anilines is 2. The highest BCUT2D eigenvalue weighted by atomic mass is 32.1. The second-order valence-corrected chi connectivity index (χ2v) is 16.2. The zero-order valence-electron chi connectivity index (χ0n) is 28.7. The molecule has 4 aliphatic rings. The first-order valence-electron chi connectivity index (χ1n) is 17.0. The van der Waals surface area contributed by atoms with Gasteiger partial charge in [0.05, 0.1) is 16.5 Å². The van der Waals surface area contributed by atoms with Crippen molar-refractivity contribution >= 4 is 28.2 Å². The van der Waals surface area contributed by atoms with Gasteiger partial charge in [-0.1, -0.05) is 5.16 Å². The largest absolute Gasteiger partial charge is 0.459 e. The quantitative estimate of drug-likeness (QED) is 0.367. The third kappa shape index (κ3) is 5.85. The van der Waals surface area contributed by atoms with Crippen molar-refractivity contribution in [3.8, 4) is 23.6 Å². The molecule has 1 spiro atoms. The maximum absolute atomic E-state index is 13.1. The summed E-state index contributed by atoms with van der Waals surface area (Å²) >= 11 is 1.47. The van der Waals surface area contributed by atoms with Crippen molar-refractivity contribution in [3.63, 3.8) is 0 Å². The molecular weight excluding hydrogens is 630 g/mol. The predicted octanol–water partition coefficient (Wildman–Crippen LogP) is 5.14. The molecule has 3 fully saturated rings. The Hall–Kier alpha value is -3.96. The molecule has 1 saturated carbocycles. The fraction of sp³-hybridized carbons (Fsp3) is 0.647. The molecule has 3 aromatic heterocycles. The lowest BCUT2D eigenvalue weighted by Gasteiger charge is -2.42. The molecule has 48 heavy (non-hydrogen) atoms. The second kappa shape index (κ2) is 11.9. The number of aromatic nitrogens is 4. The highest BCUT2D eigenvalue weighted by molar-refractivity contribution is 7.16. The average molecular weight is 676 g/mol. The Bertz CT molecular complexity index is 1760. The first-order chi connectivity index (χ1) is 22.8. The summed E-state index contributed by atoms with van der Waals surface area (Å²) in [4.78, 5) is 35.3. The van der Waals surface area contributed by atoms with Gasteiger partial charge < -0.3 is 24.6 Å². The number of piperazine rings is 1. The van der Waals surface area contributed by atoms with Gasteiger partial charge in [0.2, 0.25) is 11.7 Å². The van der Waals surface area contributed by atoms with Gasteiger partial charge in [0.1, 0.15) is 34.3 Å². The number of likely N-dealkylation sites (N-methyl/N-ethyl adjacent to an activating group) is 1. The molecule has 2 aliphatic carbocycles. The number of hydrogen-bond acceptors (Lipinski definition) is 13. The van der Waals surface area contributed by atoms with Crippen molar-refractivity contribution in [1.82, 2.24) is 29.9 Å². The van der Waals surface area contributed by atoms with Gasteiger partial charge in [0.15, 0.2) is 0 Å². The van der Waals surface area contributed by atoms with Crippen LogP contribution in [0.2, 0.25) is 0 Å². The first kappa shape index (κ1) is 32.6. The van der Waals surface area contributed by atoms with Crippen molar-refractivity contribution in [2.45, 2.75) is 108 Å². The minimum Gasteiger partial charge on any atom is -0.459 e. The van der Waals surface area contributed by atoms with E-state index in [1.165, 1.54) is 11.3 Å². The minimum atomic E-state index is -0.648. The summed E-state index contributed by atoms with van der Waals surface area (Å²) in [7, 11) is 2.12. The van der Waals surface area contributed by atoms with Gasteiger partial charge in [-0.05, 0) is 93.2 Å². The van der Waals surface area contributed by atoms with E-state index in [0.717, 1.165) is 61.9 Å². The van der Waals surface area contributed by atoms with Crippen LogP contribution in [0.1, 0.15) is 95.0 Å². The van der Waals surface area contributed by atoms with Crippen molar-refractivity contribution < 1.29 is 18.8 Å². The van der Waals surface area contributed by atoms with E-state index in [4.69, 9.17) is 34.7 Å². The van der Waals surface area contributed by atoms with Crippen LogP contribution in [0.15, 0.2) is 10.6 Å². The third-order valence-corrected chi connectivity index (χ3v) is 11.5. The molecule has 3 atom stereocenters. The Morgan fingerprint density at radius 2 is 1.98 bits per heavy atom. The van der Waals surface area contributed by atoms with Crippen LogP contribution in [0.3, 0.4) is 0 Å². The van der Waals surface area contributed by atoms with E-state index >= 15 is 0 Å². The number of nitrogens with two attached hydrogens (primary N) is 1. The maximum Gasteiger partial charge on any atom is 0.410 e. The zero-order chi connectivity index (χ0) is 34.0. The Kier molecular flexibility index (Phi) is 8.06. The normalized spacial score (nSPS) is 24.3. The monoisotopic (exact) mass is 675 g/mol. The van der Waals surface area contributed by atoms with Crippen molar-refractivity contribution in [3.05, 3.63) is 28.0 Å². The summed E-state index contributed by atoms with van der Waals surface area (Å²) in [6.07, 6.45) is 6.13. The lowest BCUT2D eigenvalue weighted by molar-refractivity contribution is 0.0106. The summed E-state index contributed by atoms with van der Waals surface area (Å²) in [6.45, 7) is 12.5. The number of ether oxygens (including phenoxy) is 2. The van der Waals surface area contributed by atoms with Crippen molar-refractivity contribution in [2.75, 3.05) is 43.9 Å². The highest BCUT2D eigenvalue weighted by Crippen LogP contribution is 2.49. The van der Waals surface area contributed by atoms with E-state index in [9.17, 15) is 10.1 Å². The molecule has 2 saturated heterocycles. The minimum absolute atomic E-state index is 0.131. The molecule has 3 aromatic rings. The van der Waals surface area contributed by atoms with Gasteiger partial charge in [0, 0.05) is 42.2 Å². The van der Waals surface area contributed by atoms with Crippen LogP contribution in [0.5, 0.6) is 6.01 Å². The number of carbonyl (C=O) groups excluding carboxylic acids is 1. The Morgan fingerprint density at radius 1 is 1.19 bits per heavy atom. The molecule has 13 nitrogen and oxygen atoms in total. The number of fused-ring (bicyclic) bond motifs is 1. The summed E-state index contributed by atoms with van der Waals surface area (Å²) in [6, 6.07) is 4.71. The van der Waals surface area contributed by atoms with E-state index in [2.05, 4.69) is 35.0 Å². The van der Waals surface area contributed by atoms with Crippen molar-refractivity contribution in [2.24, 2.45) is 0 Å². The standard InChI is InChI=1S/C34H45N9O4S/c1-20(23-9-8-14-41(23)6)45-30-37-22(17-25(38-30)42-15-16-43(34(19-42)12-13-34)31(44)46-32(2,3)4)28-39-29(47-40-28)33(5)11-7-10-24-26(33)21(18-35)27(36)48-24/h17,20,23H,7-16,19,36H2,1-6H3/t20-,23-,33-/m0/s1. The number of amides is 1. The van der Waals surface area contributed by atoms with Crippen LogP contribution >= 0.6 is 11.3 Å². The Morgan fingerprint density at radius 3 is 2.67 bits per heavy atom. The topological polar surface area (TPSA) is 160 Å². The van der Waals surface area contributed by atoms with E-state index in [0.29, 0.717) is 53.4 Å². The zero-order valence-corrected chi connectivity index (χ0v) is 29.5. The number of nitrogens with zero attached hydrogens (tertiary/aromatic N) is 8. The average Bonchev–Trinajstić information content (AvgIpc) is 3.37. The molecule has 5 heterocycles. The molecule has 256 valence electrons. The Balaban J connectivity index is 1.22. The molecule has 2 aliphatic heterocycles. The molecule has 1 amide bonds. The van der Waals surface area contributed by atoms with Gasteiger partial charge in [-0.15, -0.1) is 11.3 Å². The van der Waals surface area contributed by atoms with E-state index < -0.39 is 11.0 Å². The lowest BCUT2D eigenvalue weighted by atomic mass is 9.72. The molecule has 7 rings (SSSR count). The smallest absolute Gasteiger partial charge is 0.410 e. The molecule has 2 N–H and O–H groups in total. The van der Waals surface area contributed by atoms with E-state index in [-0.39, 0.29) is 29.8 Å². The van der Waals surface area contributed by atoms with Crippen LogP contribution in [-0.2, 0) is 16.6 Å². The van der Waals surface area contributed by atoms with Crippen LogP contribution in [0.25, 0.3) is 11.5 Å². The summed E-state index contributed by atoms with van der Waals surface area (Å²) < 4.78 is 18.2. The Labute approximate surface area is 285 Å². The van der Waals surface area contributed by atoms with Gasteiger partial charge >= 0.3 is 12.1 Å². The van der Waals surface area contributed by atoms with Crippen LogP contribution in [0.4, 0.5) is 15.6 Å². The lowest BCUT2D eigenvalue weighted by Crippen LogP contribution is -2.58. The number of hydrogen-bond donors (Lipinski definition) is 1. The number of rotatable bonds is 6. The number of carbonyl (C=O) groups is 1. The van der Waals surface area contributed by atoms with Crippen LogP contribution < -0.4 is 15.4 Å². The summed E-state index contributed by atoms with van der Waals surface area (Å²) in [5.41, 5.74) is 6.65. The van der Waals surface area contributed by atoms with Gasteiger partial charge in [-0.3, -0.25) is 9.80 Å². The molecule has 0 unspecified atom stereocenters. The SMILES string of the molecule is C[C@H](Oc1nc(-c2noc([C@@]3(C)CCCc4sc(N)c(C#N)c43)n2)cc(N2CCN(C(=O)OC(C)(C)C)C3(CC3)C2)n1)[C@@H]1CCCN1C. The van der Waals surface area contributed by atoms with Crippen LogP contribution in [-0.4, -0.2) is 92.5 Å². The molecule has 0 radical (unpaired) electrons. The molecule has 0 bridgehead atoms. The summed E-state index contributed by atoms with van der Waals surface area (Å²) in [5.74, 6) is 1.44. The fourth-order valence-corrected chi connectivity index (χ4v) is 8.92. The number of nitrogen functional groups attached to an aromatic ring is 1. The number of aryl methyl sites for hydroxylation is 1. The maximum atomic E-state index is 13.1. The number of likely N-dealkylation sites (tertiary alicyclic amines) is 1.